The van der Waals surface area contributed by atoms with Crippen LogP contribution in [0.1, 0.15) is 40.0 Å². The van der Waals surface area contributed by atoms with E-state index in [4.69, 9.17) is 5.73 Å². The van der Waals surface area contributed by atoms with Gasteiger partial charge >= 0.3 is 0 Å². The van der Waals surface area contributed by atoms with E-state index < -0.39 is 0 Å². The van der Waals surface area contributed by atoms with Crippen LogP contribution >= 0.6 is 0 Å². The van der Waals surface area contributed by atoms with Crippen molar-refractivity contribution in [2.75, 3.05) is 13.1 Å². The SMILES string of the molecule is C=C/C=C(\C=C)C[C@H](C)NC(=O)CNC(C)=O.CCCCN. The van der Waals surface area contributed by atoms with Crippen LogP contribution in [0.25, 0.3) is 0 Å². The van der Waals surface area contributed by atoms with Crippen molar-refractivity contribution in [3.05, 3.63) is 37.0 Å². The summed E-state index contributed by atoms with van der Waals surface area (Å²) in [5.41, 5.74) is 6.15. The number of carbonyl (C=O) groups is 2. The predicted octanol–water partition coefficient (Wildman–Crippen LogP) is 2.06. The fourth-order valence-corrected chi connectivity index (χ4v) is 1.51. The Bertz CT molecular complexity index is 374. The molecule has 1 atom stereocenters. The number of nitrogens with one attached hydrogen (secondary N) is 2. The maximum Gasteiger partial charge on any atom is 0.239 e. The fourth-order valence-electron chi connectivity index (χ4n) is 1.51. The van der Waals surface area contributed by atoms with Crippen molar-refractivity contribution < 1.29 is 9.59 Å². The predicted molar refractivity (Wildman–Crippen MR) is 93.3 cm³/mol. The monoisotopic (exact) mass is 309 g/mol. The van der Waals surface area contributed by atoms with E-state index in [-0.39, 0.29) is 24.4 Å². The third-order valence-electron chi connectivity index (χ3n) is 2.60. The molecule has 22 heavy (non-hydrogen) atoms. The first-order chi connectivity index (χ1) is 10.4. The highest BCUT2D eigenvalue weighted by molar-refractivity contribution is 5.83. The molecule has 0 aliphatic rings. The molecule has 4 N–H and O–H groups in total. The molecule has 0 aliphatic carbocycles. The summed E-state index contributed by atoms with van der Waals surface area (Å²) in [5.74, 6) is -0.416. The summed E-state index contributed by atoms with van der Waals surface area (Å²) in [6.07, 6.45) is 8.34. The molecule has 0 saturated heterocycles. The van der Waals surface area contributed by atoms with Crippen LogP contribution in [0.2, 0.25) is 0 Å². The minimum Gasteiger partial charge on any atom is -0.352 e. The minimum absolute atomic E-state index is 0.00820. The van der Waals surface area contributed by atoms with Gasteiger partial charge in [-0.3, -0.25) is 9.59 Å². The Hall–Kier alpha value is -1.88. The van der Waals surface area contributed by atoms with Gasteiger partial charge in [0.15, 0.2) is 0 Å². The Kier molecular flexibility index (Phi) is 15.8. The van der Waals surface area contributed by atoms with Crippen LogP contribution in [0.4, 0.5) is 0 Å². The third-order valence-corrected chi connectivity index (χ3v) is 2.60. The molecule has 0 spiro atoms. The summed E-state index contributed by atoms with van der Waals surface area (Å²) >= 11 is 0. The number of allylic oxidation sites excluding steroid dienone is 3. The summed E-state index contributed by atoms with van der Waals surface area (Å²) in [4.78, 5) is 22.0. The average Bonchev–Trinajstić information content (AvgIpc) is 2.46. The zero-order valence-corrected chi connectivity index (χ0v) is 14.2. The molecular weight excluding hydrogens is 278 g/mol. The van der Waals surface area contributed by atoms with Crippen molar-refractivity contribution in [2.45, 2.75) is 46.1 Å². The van der Waals surface area contributed by atoms with Gasteiger partial charge in [0.25, 0.3) is 0 Å². The van der Waals surface area contributed by atoms with Crippen LogP contribution in [-0.2, 0) is 9.59 Å². The van der Waals surface area contributed by atoms with Gasteiger partial charge in [-0.15, -0.1) is 0 Å². The molecule has 0 saturated carbocycles. The van der Waals surface area contributed by atoms with E-state index in [1.807, 2.05) is 13.0 Å². The number of hydrogen-bond acceptors (Lipinski definition) is 3. The average molecular weight is 309 g/mol. The number of rotatable bonds is 9. The molecule has 0 heterocycles. The van der Waals surface area contributed by atoms with Gasteiger partial charge in [0, 0.05) is 13.0 Å². The molecule has 0 rings (SSSR count). The van der Waals surface area contributed by atoms with Crippen molar-refractivity contribution in [1.29, 1.82) is 0 Å². The quantitative estimate of drug-likeness (QED) is 0.570. The van der Waals surface area contributed by atoms with Crippen LogP contribution < -0.4 is 16.4 Å². The molecule has 0 bridgehead atoms. The second-order valence-electron chi connectivity index (χ2n) is 4.91. The molecule has 0 aliphatic heterocycles. The van der Waals surface area contributed by atoms with Gasteiger partial charge in [0.2, 0.25) is 11.8 Å². The molecule has 0 aromatic carbocycles. The Morgan fingerprint density at radius 3 is 2.32 bits per heavy atom. The lowest BCUT2D eigenvalue weighted by atomic mass is 10.1. The summed E-state index contributed by atoms with van der Waals surface area (Å²) in [7, 11) is 0. The first kappa shape index (κ1) is 22.4. The van der Waals surface area contributed by atoms with Crippen molar-refractivity contribution >= 4 is 11.8 Å². The zero-order chi connectivity index (χ0) is 17.4. The van der Waals surface area contributed by atoms with Crippen LogP contribution in [0.5, 0.6) is 0 Å². The highest BCUT2D eigenvalue weighted by atomic mass is 16.2. The van der Waals surface area contributed by atoms with Crippen LogP contribution in [0, 0.1) is 0 Å². The van der Waals surface area contributed by atoms with Gasteiger partial charge < -0.3 is 16.4 Å². The van der Waals surface area contributed by atoms with Crippen LogP contribution in [0.3, 0.4) is 0 Å². The molecule has 0 radical (unpaired) electrons. The maximum absolute atomic E-state index is 11.4. The minimum atomic E-state index is -0.217. The van der Waals surface area contributed by atoms with Crippen molar-refractivity contribution in [1.82, 2.24) is 10.6 Å². The molecule has 0 unspecified atom stereocenters. The lowest BCUT2D eigenvalue weighted by molar-refractivity contribution is -0.125. The zero-order valence-electron chi connectivity index (χ0n) is 14.2. The first-order valence-electron chi connectivity index (χ1n) is 7.59. The lowest BCUT2D eigenvalue weighted by Gasteiger charge is -2.14. The molecule has 0 aromatic rings. The smallest absolute Gasteiger partial charge is 0.239 e. The lowest BCUT2D eigenvalue weighted by Crippen LogP contribution is -2.40. The molecule has 0 aromatic heterocycles. The summed E-state index contributed by atoms with van der Waals surface area (Å²) in [6.45, 7) is 13.5. The van der Waals surface area contributed by atoms with Crippen molar-refractivity contribution in [3.63, 3.8) is 0 Å². The van der Waals surface area contributed by atoms with Crippen LogP contribution in [0.15, 0.2) is 37.0 Å². The van der Waals surface area contributed by atoms with E-state index in [9.17, 15) is 9.59 Å². The molecular formula is C17H31N3O2. The molecule has 126 valence electrons. The Labute approximate surface area is 134 Å². The van der Waals surface area contributed by atoms with Gasteiger partial charge in [-0.1, -0.05) is 44.7 Å². The molecule has 5 nitrogen and oxygen atoms in total. The highest BCUT2D eigenvalue weighted by Gasteiger charge is 2.08. The standard InChI is InChI=1S/C13H20N2O2.C4H11N/c1-5-7-12(6-2)8-10(3)15-13(17)9-14-11(4)16;1-2-3-4-5/h5-7,10H,1-2,8-9H2,3-4H3,(H,14,16)(H,15,17);2-5H2,1H3/b12-7+;/t10-;/m0./s1. The van der Waals surface area contributed by atoms with E-state index in [2.05, 4.69) is 30.7 Å². The first-order valence-corrected chi connectivity index (χ1v) is 7.59. The van der Waals surface area contributed by atoms with Gasteiger partial charge in [-0.2, -0.15) is 0 Å². The highest BCUT2D eigenvalue weighted by Crippen LogP contribution is 2.06. The molecule has 5 heteroatoms. The largest absolute Gasteiger partial charge is 0.352 e. The summed E-state index contributed by atoms with van der Waals surface area (Å²) in [6, 6.07) is -0.0135. The van der Waals surface area contributed by atoms with E-state index in [0.29, 0.717) is 6.42 Å². The number of carbonyl (C=O) groups excluding carboxylic acids is 2. The maximum atomic E-state index is 11.4. The van der Waals surface area contributed by atoms with E-state index in [0.717, 1.165) is 12.1 Å². The van der Waals surface area contributed by atoms with Gasteiger partial charge in [0.05, 0.1) is 6.54 Å². The number of unbranched alkanes of at least 4 members (excludes halogenated alkanes) is 1. The molecule has 0 fully saturated rings. The number of nitrogens with two attached hydrogens (primary N) is 1. The Morgan fingerprint density at radius 2 is 1.95 bits per heavy atom. The number of hydrogen-bond donors (Lipinski definition) is 3. The summed E-state index contributed by atoms with van der Waals surface area (Å²) in [5, 5.41) is 5.22. The summed E-state index contributed by atoms with van der Waals surface area (Å²) < 4.78 is 0. The van der Waals surface area contributed by atoms with Gasteiger partial charge in [-0.05, 0) is 31.9 Å². The van der Waals surface area contributed by atoms with Crippen molar-refractivity contribution in [2.24, 2.45) is 5.73 Å². The normalized spacial score (nSPS) is 11.5. The van der Waals surface area contributed by atoms with E-state index in [1.165, 1.54) is 19.8 Å². The molecule has 2 amide bonds. The van der Waals surface area contributed by atoms with Crippen LogP contribution in [-0.4, -0.2) is 30.9 Å². The second-order valence-corrected chi connectivity index (χ2v) is 4.91. The second kappa shape index (κ2) is 15.5. The number of amides is 2. The van der Waals surface area contributed by atoms with Gasteiger partial charge in [0.1, 0.15) is 0 Å². The van der Waals surface area contributed by atoms with E-state index >= 15 is 0 Å². The van der Waals surface area contributed by atoms with E-state index in [1.54, 1.807) is 12.2 Å². The Morgan fingerprint density at radius 1 is 1.32 bits per heavy atom. The van der Waals surface area contributed by atoms with Gasteiger partial charge in [-0.25, -0.2) is 0 Å². The topological polar surface area (TPSA) is 84.2 Å². The fraction of sp³-hybridized carbons (Fsp3) is 0.529. The van der Waals surface area contributed by atoms with Crippen molar-refractivity contribution in [3.8, 4) is 0 Å². The third kappa shape index (κ3) is 16.2. The Balaban J connectivity index is 0.